The molecule has 5 nitrogen and oxygen atoms in total. The Bertz CT molecular complexity index is 802. The van der Waals surface area contributed by atoms with Crippen LogP contribution < -0.4 is 10.6 Å². The number of anilines is 3. The molecule has 0 unspecified atom stereocenters. The first kappa shape index (κ1) is 15.4. The molecule has 3 aromatic rings. The molecule has 6 heteroatoms. The highest BCUT2D eigenvalue weighted by molar-refractivity contribution is 6.30. The van der Waals surface area contributed by atoms with Crippen LogP contribution in [0.2, 0.25) is 5.02 Å². The van der Waals surface area contributed by atoms with Crippen molar-refractivity contribution in [2.45, 2.75) is 20.4 Å². The Morgan fingerprint density at radius 3 is 2.78 bits per heavy atom. The van der Waals surface area contributed by atoms with Gasteiger partial charge in [0.05, 0.1) is 12.8 Å². The molecule has 0 saturated heterocycles. The summed E-state index contributed by atoms with van der Waals surface area (Å²) in [6.45, 7) is 4.50. The van der Waals surface area contributed by atoms with Crippen LogP contribution in [0.5, 0.6) is 0 Å². The Labute approximate surface area is 139 Å². The minimum absolute atomic E-state index is 0.525. The molecule has 0 aliphatic heterocycles. The molecule has 23 heavy (non-hydrogen) atoms. The van der Waals surface area contributed by atoms with Gasteiger partial charge >= 0.3 is 0 Å². The Kier molecular flexibility index (Phi) is 4.48. The van der Waals surface area contributed by atoms with Crippen LogP contribution in [0.4, 0.5) is 17.5 Å². The molecule has 0 amide bonds. The quantitative estimate of drug-likeness (QED) is 0.711. The van der Waals surface area contributed by atoms with Crippen LogP contribution in [0, 0.1) is 13.8 Å². The standard InChI is InChI=1S/C17H17ClN4O/c1-11-5-6-13(18)9-15(11)21-17-20-12(2)8-16(22-17)19-10-14-4-3-7-23-14/h3-9H,10H2,1-2H3,(H2,19,20,21,22). The van der Waals surface area contributed by atoms with Gasteiger partial charge in [-0.3, -0.25) is 0 Å². The average molecular weight is 329 g/mol. The molecule has 0 aliphatic carbocycles. The predicted molar refractivity (Wildman–Crippen MR) is 92.3 cm³/mol. The van der Waals surface area contributed by atoms with Crippen molar-refractivity contribution in [3.8, 4) is 0 Å². The highest BCUT2D eigenvalue weighted by Gasteiger charge is 2.06. The Balaban J connectivity index is 1.78. The molecule has 0 radical (unpaired) electrons. The average Bonchev–Trinajstić information content (AvgIpc) is 3.02. The lowest BCUT2D eigenvalue weighted by Crippen LogP contribution is -2.05. The van der Waals surface area contributed by atoms with E-state index in [1.54, 1.807) is 6.26 Å². The van der Waals surface area contributed by atoms with Crippen LogP contribution in [-0.2, 0) is 6.54 Å². The van der Waals surface area contributed by atoms with Crippen molar-refractivity contribution in [1.82, 2.24) is 9.97 Å². The Morgan fingerprint density at radius 1 is 1.13 bits per heavy atom. The van der Waals surface area contributed by atoms with Crippen LogP contribution in [-0.4, -0.2) is 9.97 Å². The van der Waals surface area contributed by atoms with Gasteiger partial charge in [0.2, 0.25) is 5.95 Å². The van der Waals surface area contributed by atoms with E-state index in [9.17, 15) is 0 Å². The summed E-state index contributed by atoms with van der Waals surface area (Å²) in [7, 11) is 0. The second-order valence-electron chi connectivity index (χ2n) is 5.24. The fraction of sp³-hybridized carbons (Fsp3) is 0.176. The van der Waals surface area contributed by atoms with Crippen LogP contribution in [0.15, 0.2) is 47.1 Å². The van der Waals surface area contributed by atoms with Crippen molar-refractivity contribution in [3.63, 3.8) is 0 Å². The van der Waals surface area contributed by atoms with Crippen LogP contribution >= 0.6 is 11.6 Å². The van der Waals surface area contributed by atoms with Crippen molar-refractivity contribution in [1.29, 1.82) is 0 Å². The summed E-state index contributed by atoms with van der Waals surface area (Å²) < 4.78 is 5.30. The van der Waals surface area contributed by atoms with E-state index in [4.69, 9.17) is 16.0 Å². The largest absolute Gasteiger partial charge is 0.467 e. The molecule has 0 bridgehead atoms. The first-order valence-electron chi connectivity index (χ1n) is 7.25. The molecule has 3 rings (SSSR count). The summed E-state index contributed by atoms with van der Waals surface area (Å²) in [6, 6.07) is 11.3. The predicted octanol–water partition coefficient (Wildman–Crippen LogP) is 4.70. The number of hydrogen-bond acceptors (Lipinski definition) is 5. The van der Waals surface area contributed by atoms with Crippen LogP contribution in [0.1, 0.15) is 17.0 Å². The van der Waals surface area contributed by atoms with Gasteiger partial charge in [-0.1, -0.05) is 17.7 Å². The topological polar surface area (TPSA) is 63.0 Å². The molecule has 1 aromatic carbocycles. The van der Waals surface area contributed by atoms with E-state index in [1.807, 2.05) is 50.2 Å². The zero-order valence-corrected chi connectivity index (χ0v) is 13.7. The minimum atomic E-state index is 0.525. The fourth-order valence-electron chi connectivity index (χ4n) is 2.16. The van der Waals surface area contributed by atoms with E-state index < -0.39 is 0 Å². The molecule has 118 valence electrons. The highest BCUT2D eigenvalue weighted by Crippen LogP contribution is 2.23. The van der Waals surface area contributed by atoms with E-state index in [0.717, 1.165) is 28.5 Å². The summed E-state index contributed by atoms with van der Waals surface area (Å²) in [5.74, 6) is 2.11. The van der Waals surface area contributed by atoms with E-state index in [2.05, 4.69) is 20.6 Å². The van der Waals surface area contributed by atoms with Crippen molar-refractivity contribution in [2.75, 3.05) is 10.6 Å². The second kappa shape index (κ2) is 6.71. The van der Waals surface area contributed by atoms with E-state index in [-0.39, 0.29) is 0 Å². The third-order valence-corrected chi connectivity index (χ3v) is 3.56. The zero-order valence-electron chi connectivity index (χ0n) is 12.9. The summed E-state index contributed by atoms with van der Waals surface area (Å²) in [6.07, 6.45) is 1.65. The molecule has 0 aliphatic rings. The molecular formula is C17H17ClN4O. The lowest BCUT2D eigenvalue weighted by atomic mass is 10.2. The summed E-state index contributed by atoms with van der Waals surface area (Å²) in [5.41, 5.74) is 2.83. The van der Waals surface area contributed by atoms with Gasteiger partial charge in [0.25, 0.3) is 0 Å². The van der Waals surface area contributed by atoms with Gasteiger partial charge in [-0.05, 0) is 43.7 Å². The lowest BCUT2D eigenvalue weighted by molar-refractivity contribution is 0.518. The molecular weight excluding hydrogens is 312 g/mol. The van der Waals surface area contributed by atoms with Gasteiger partial charge in [-0.2, -0.15) is 4.98 Å². The highest BCUT2D eigenvalue weighted by atomic mass is 35.5. The van der Waals surface area contributed by atoms with Gasteiger partial charge in [-0.25, -0.2) is 4.98 Å². The summed E-state index contributed by atoms with van der Waals surface area (Å²) in [4.78, 5) is 8.90. The van der Waals surface area contributed by atoms with Gasteiger partial charge < -0.3 is 15.1 Å². The molecule has 0 atom stereocenters. The van der Waals surface area contributed by atoms with E-state index in [0.29, 0.717) is 17.5 Å². The van der Waals surface area contributed by atoms with Crippen molar-refractivity contribution < 1.29 is 4.42 Å². The first-order chi connectivity index (χ1) is 11.1. The molecule has 2 heterocycles. The first-order valence-corrected chi connectivity index (χ1v) is 7.63. The summed E-state index contributed by atoms with van der Waals surface area (Å²) in [5, 5.41) is 7.11. The third kappa shape index (κ3) is 4.02. The maximum Gasteiger partial charge on any atom is 0.229 e. The van der Waals surface area contributed by atoms with Gasteiger partial charge in [0.1, 0.15) is 11.6 Å². The Hall–Kier alpha value is -2.53. The molecule has 2 N–H and O–H groups in total. The van der Waals surface area contributed by atoms with E-state index >= 15 is 0 Å². The second-order valence-corrected chi connectivity index (χ2v) is 5.67. The van der Waals surface area contributed by atoms with Gasteiger partial charge in [-0.15, -0.1) is 0 Å². The third-order valence-electron chi connectivity index (χ3n) is 3.32. The summed E-state index contributed by atoms with van der Waals surface area (Å²) >= 11 is 6.05. The van der Waals surface area contributed by atoms with Crippen LogP contribution in [0.25, 0.3) is 0 Å². The normalized spacial score (nSPS) is 10.6. The lowest BCUT2D eigenvalue weighted by Gasteiger charge is -2.11. The molecule has 0 fully saturated rings. The molecule has 0 spiro atoms. The van der Waals surface area contributed by atoms with Crippen molar-refractivity contribution >= 4 is 29.1 Å². The van der Waals surface area contributed by atoms with Crippen LogP contribution in [0.3, 0.4) is 0 Å². The number of rotatable bonds is 5. The SMILES string of the molecule is Cc1cc(NCc2ccco2)nc(Nc2cc(Cl)ccc2C)n1. The minimum Gasteiger partial charge on any atom is -0.467 e. The number of nitrogens with zero attached hydrogens (tertiary/aromatic N) is 2. The van der Waals surface area contributed by atoms with Crippen molar-refractivity contribution in [3.05, 3.63) is 64.7 Å². The Morgan fingerprint density at radius 2 is 2.00 bits per heavy atom. The molecule has 0 saturated carbocycles. The molecule has 2 aromatic heterocycles. The number of aromatic nitrogens is 2. The number of halogens is 1. The number of furan rings is 1. The monoisotopic (exact) mass is 328 g/mol. The smallest absolute Gasteiger partial charge is 0.229 e. The zero-order chi connectivity index (χ0) is 16.2. The van der Waals surface area contributed by atoms with Crippen molar-refractivity contribution in [2.24, 2.45) is 0 Å². The van der Waals surface area contributed by atoms with Gasteiger partial charge in [0, 0.05) is 22.5 Å². The number of hydrogen-bond donors (Lipinski definition) is 2. The van der Waals surface area contributed by atoms with Gasteiger partial charge in [0.15, 0.2) is 0 Å². The number of nitrogens with one attached hydrogen (secondary N) is 2. The van der Waals surface area contributed by atoms with E-state index in [1.165, 1.54) is 0 Å². The number of benzene rings is 1. The fourth-order valence-corrected chi connectivity index (χ4v) is 2.33. The maximum atomic E-state index is 6.05. The number of aryl methyl sites for hydroxylation is 2. The maximum absolute atomic E-state index is 6.05.